The SMILES string of the molecule is NS(=O)(=O)c1ccc(CC(=O)CN(CCN(CC(=O)O)CC(=O)Nc2ccc(NS(=O)[O-])cc2)CC(=O)O)cc1.O=C1CN(CCN2CC(=O)OC(=O)C2)CC(=O)O1.[2H]CF. The lowest BCUT2D eigenvalue weighted by atomic mass is 10.1. The first kappa shape index (κ1) is 48.8. The number of carbonyl (C=O) groups is 8. The molecule has 1 amide bonds. The lowest BCUT2D eigenvalue weighted by Gasteiger charge is -2.28. The Balaban J connectivity index is 0.000000502. The van der Waals surface area contributed by atoms with Gasteiger partial charge in [0, 0.05) is 55.2 Å². The van der Waals surface area contributed by atoms with Gasteiger partial charge < -0.3 is 34.3 Å². The molecular formula is C34H43FN7O16S2-. The highest BCUT2D eigenvalue weighted by Gasteiger charge is 2.28. The number of sulfonamides is 1. The van der Waals surface area contributed by atoms with Crippen LogP contribution in [0, 0.1) is 0 Å². The van der Waals surface area contributed by atoms with Gasteiger partial charge in [-0.3, -0.25) is 66.6 Å². The second-order valence-electron chi connectivity index (χ2n) is 12.7. The average molecular weight is 890 g/mol. The molecule has 2 heterocycles. The molecule has 1 atom stereocenters. The molecule has 2 aliphatic heterocycles. The van der Waals surface area contributed by atoms with Gasteiger partial charge in [0.1, 0.15) is 0 Å². The van der Waals surface area contributed by atoms with E-state index in [-0.39, 0.29) is 75.1 Å². The second-order valence-corrected chi connectivity index (χ2v) is 14.9. The van der Waals surface area contributed by atoms with Gasteiger partial charge in [-0.2, -0.15) is 0 Å². The number of carboxylic acid groups (broad SMARTS) is 2. The van der Waals surface area contributed by atoms with Gasteiger partial charge in [-0.25, -0.2) is 13.6 Å². The Bertz CT molecular complexity index is 1940. The summed E-state index contributed by atoms with van der Waals surface area (Å²) in [5.41, 5.74) is 1.09. The number of halogens is 1. The molecule has 2 saturated heterocycles. The van der Waals surface area contributed by atoms with Crippen molar-refractivity contribution in [2.45, 2.75) is 11.3 Å². The number of aliphatic carboxylic acids is 2. The van der Waals surface area contributed by atoms with Crippen LogP contribution in [0.25, 0.3) is 0 Å². The van der Waals surface area contributed by atoms with Crippen LogP contribution < -0.4 is 15.2 Å². The lowest BCUT2D eigenvalue weighted by molar-refractivity contribution is -0.170. The standard InChI is InChI=1S/C23H29N5O10S2.C10H12N2O6.CH3F/c24-40(37,38)20-7-1-16(2-8-20)11-19(29)12-27(14-22(31)32)9-10-28(15-23(33)34)13-21(30)25-17-3-5-18(6-4-17)26-39(35)36;13-7-3-11(4-8(14)17-7)1-2-12-5-9(15)18-10(16)6-12;1-2/h1-8,26H,9-15H2,(H,25,30)(H,31,32)(H,33,34)(H,35,36)(H2,24,37,38);1-6H2;1H3/p-1/i;;1D. The smallest absolute Gasteiger partial charge is 0.327 e. The fraction of sp³-hybridized carbons (Fsp3) is 0.412. The summed E-state index contributed by atoms with van der Waals surface area (Å²) in [6, 6.07) is 11.0. The Labute approximate surface area is 346 Å². The van der Waals surface area contributed by atoms with Gasteiger partial charge in [-0.1, -0.05) is 12.1 Å². The molecule has 0 bridgehead atoms. The zero-order valence-corrected chi connectivity index (χ0v) is 33.3. The average Bonchev–Trinajstić information content (AvgIpc) is 3.13. The van der Waals surface area contributed by atoms with E-state index in [9.17, 15) is 70.1 Å². The molecule has 60 heavy (non-hydrogen) atoms. The summed E-state index contributed by atoms with van der Waals surface area (Å²) in [4.78, 5) is 97.4. The van der Waals surface area contributed by atoms with Gasteiger partial charge in [0.25, 0.3) is 0 Å². The number of esters is 4. The number of Topliss-reactive ketones (excluding diaryl/α,β-unsaturated/α-hetero) is 1. The van der Waals surface area contributed by atoms with Crippen molar-refractivity contribution < 1.29 is 81.0 Å². The number of morpholine rings is 2. The van der Waals surface area contributed by atoms with Crippen molar-refractivity contribution in [3.8, 4) is 0 Å². The first-order chi connectivity index (χ1) is 28.6. The molecule has 1 unspecified atom stereocenters. The van der Waals surface area contributed by atoms with Gasteiger partial charge in [0.2, 0.25) is 15.9 Å². The van der Waals surface area contributed by atoms with Gasteiger partial charge in [0.15, 0.2) is 5.78 Å². The Kier molecular flexibility index (Phi) is 20.4. The molecule has 0 saturated carbocycles. The van der Waals surface area contributed by atoms with Gasteiger partial charge in [0.05, 0.1) is 65.8 Å². The van der Waals surface area contributed by atoms with E-state index in [0.717, 1.165) is 0 Å². The maximum absolute atomic E-state index is 12.6. The molecule has 0 spiro atoms. The molecule has 2 aromatic carbocycles. The Morgan fingerprint density at radius 2 is 1.22 bits per heavy atom. The number of cyclic esters (lactones) is 4. The first-order valence-corrected chi connectivity index (χ1v) is 19.8. The minimum Gasteiger partial charge on any atom is -0.755 e. The summed E-state index contributed by atoms with van der Waals surface area (Å²) in [5.74, 6) is -5.71. The van der Waals surface area contributed by atoms with Gasteiger partial charge in [-0.15, -0.1) is 0 Å². The number of alkyl halides is 1. The van der Waals surface area contributed by atoms with Gasteiger partial charge in [-0.05, 0) is 42.0 Å². The number of nitrogens with zero attached hydrogens (tertiary/aromatic N) is 4. The molecule has 4 rings (SSSR count). The topological polar surface area (TPSA) is 333 Å². The summed E-state index contributed by atoms with van der Waals surface area (Å²) in [5, 5.41) is 26.1. The Hall–Kier alpha value is -5.61. The van der Waals surface area contributed by atoms with Crippen LogP contribution in [-0.2, 0) is 75.5 Å². The number of primary sulfonamides is 1. The number of ether oxygens (including phenoxy) is 2. The zero-order valence-electron chi connectivity index (χ0n) is 32.7. The van der Waals surface area contributed by atoms with E-state index in [0.29, 0.717) is 24.3 Å². The number of nitrogens with two attached hydrogens (primary N) is 1. The van der Waals surface area contributed by atoms with Crippen molar-refractivity contribution in [1.82, 2.24) is 19.6 Å². The van der Waals surface area contributed by atoms with Crippen LogP contribution in [0.2, 0.25) is 0 Å². The fourth-order valence-electron chi connectivity index (χ4n) is 5.37. The minimum absolute atomic E-state index is 0.0397. The van der Waals surface area contributed by atoms with E-state index >= 15 is 0 Å². The van der Waals surface area contributed by atoms with E-state index in [1.54, 1.807) is 9.80 Å². The highest BCUT2D eigenvalue weighted by atomic mass is 32.2. The number of nitrogens with one attached hydrogen (secondary N) is 2. The van der Waals surface area contributed by atoms with Crippen LogP contribution in [0.1, 0.15) is 6.93 Å². The molecule has 330 valence electrons. The summed E-state index contributed by atoms with van der Waals surface area (Å²) in [7, 11) is -4.89. The number of ketones is 1. The number of anilines is 2. The van der Waals surface area contributed by atoms with Crippen LogP contribution in [-0.4, -0.2) is 180 Å². The summed E-state index contributed by atoms with van der Waals surface area (Å²) in [6.07, 6.45) is -0.110. The lowest BCUT2D eigenvalue weighted by Crippen LogP contribution is -2.49. The van der Waals surface area contributed by atoms with E-state index in [4.69, 9.17) is 6.51 Å². The third-order valence-electron chi connectivity index (χ3n) is 7.84. The summed E-state index contributed by atoms with van der Waals surface area (Å²) < 4.78 is 70.5. The molecule has 2 aromatic rings. The van der Waals surface area contributed by atoms with Crippen LogP contribution in [0.5, 0.6) is 0 Å². The highest BCUT2D eigenvalue weighted by molar-refractivity contribution is 7.89. The zero-order chi connectivity index (χ0) is 45.7. The van der Waals surface area contributed by atoms with Crippen molar-refractivity contribution in [1.29, 1.82) is 0 Å². The van der Waals surface area contributed by atoms with E-state index in [2.05, 4.69) is 19.5 Å². The predicted octanol–water partition coefficient (Wildman–Crippen LogP) is -2.59. The number of amides is 1. The quantitative estimate of drug-likeness (QED) is 0.0517. The molecule has 0 radical (unpaired) electrons. The van der Waals surface area contributed by atoms with Crippen LogP contribution in [0.3, 0.4) is 0 Å². The van der Waals surface area contributed by atoms with Crippen molar-refractivity contribution in [3.63, 3.8) is 0 Å². The summed E-state index contributed by atoms with van der Waals surface area (Å²) >= 11 is -2.51. The molecule has 6 N–H and O–H groups in total. The molecule has 23 nitrogen and oxygen atoms in total. The van der Waals surface area contributed by atoms with Crippen LogP contribution >= 0.6 is 0 Å². The largest absolute Gasteiger partial charge is 0.755 e. The van der Waals surface area contributed by atoms with Crippen LogP contribution in [0.4, 0.5) is 15.8 Å². The minimum atomic E-state index is -3.89. The van der Waals surface area contributed by atoms with Crippen LogP contribution in [0.15, 0.2) is 53.4 Å². The summed E-state index contributed by atoms with van der Waals surface area (Å²) in [6.45, 7) is -0.826. The van der Waals surface area contributed by atoms with E-state index < -0.39 is 83.3 Å². The maximum Gasteiger partial charge on any atom is 0.327 e. The van der Waals surface area contributed by atoms with Crippen molar-refractivity contribution in [3.05, 3.63) is 54.1 Å². The third-order valence-corrected chi connectivity index (χ3v) is 9.17. The third kappa shape index (κ3) is 20.4. The predicted molar refractivity (Wildman–Crippen MR) is 204 cm³/mol. The molecular weight excluding hydrogens is 846 g/mol. The number of benzene rings is 2. The highest BCUT2D eigenvalue weighted by Crippen LogP contribution is 2.14. The van der Waals surface area contributed by atoms with Crippen molar-refractivity contribution >= 4 is 80.2 Å². The first-order valence-electron chi connectivity index (χ1n) is 17.9. The number of carboxylic acids is 2. The monoisotopic (exact) mass is 889 g/mol. The Morgan fingerprint density at radius 3 is 1.62 bits per heavy atom. The van der Waals surface area contributed by atoms with Crippen molar-refractivity contribution in [2.75, 3.05) is 95.7 Å². The maximum atomic E-state index is 12.6. The molecule has 2 aliphatic rings. The van der Waals surface area contributed by atoms with E-state index in [1.165, 1.54) is 58.3 Å². The number of hydrogen-bond acceptors (Lipinski definition) is 18. The number of rotatable bonds is 20. The molecule has 0 aromatic heterocycles. The molecule has 0 aliphatic carbocycles. The normalized spacial score (nSPS) is 15.3. The second kappa shape index (κ2) is 25.1. The number of carbonyl (C=O) groups excluding carboxylic acids is 6. The number of hydrogen-bond donors (Lipinski definition) is 5. The molecule has 2 fully saturated rings. The Morgan fingerprint density at radius 1 is 0.800 bits per heavy atom. The van der Waals surface area contributed by atoms with Gasteiger partial charge >= 0.3 is 35.8 Å². The molecule has 26 heteroatoms. The van der Waals surface area contributed by atoms with E-state index in [1.807, 2.05) is 0 Å². The van der Waals surface area contributed by atoms with Crippen molar-refractivity contribution in [2.24, 2.45) is 5.14 Å². The fourth-order valence-corrected chi connectivity index (χ4v) is 6.21.